The van der Waals surface area contributed by atoms with E-state index in [2.05, 4.69) is 36.3 Å². The number of ether oxygens (including phenoxy) is 1. The molecule has 4 aromatic rings. The molecule has 0 fully saturated rings. The van der Waals surface area contributed by atoms with Crippen molar-refractivity contribution in [2.24, 2.45) is 0 Å². The van der Waals surface area contributed by atoms with E-state index in [1.165, 1.54) is 41.2 Å². The molecule has 0 atom stereocenters. The second-order valence-electron chi connectivity index (χ2n) is 10.7. The Balaban J connectivity index is 1.39. The molecule has 0 unspecified atom stereocenters. The van der Waals surface area contributed by atoms with Gasteiger partial charge < -0.3 is 26.0 Å². The number of aryl methyl sites for hydroxylation is 1. The zero-order valence-electron chi connectivity index (χ0n) is 24.8. The maximum absolute atomic E-state index is 13.7. The Morgan fingerprint density at radius 1 is 1.04 bits per heavy atom. The number of carbonyl (C=O) groups excluding carboxylic acids is 3. The number of hydrogen-bond acceptors (Lipinski definition) is 8. The lowest BCUT2D eigenvalue weighted by atomic mass is 10.2. The number of alkyl carbamates (subject to hydrolysis) is 1. The fraction of sp³-hybridized carbons (Fsp3) is 0.357. The largest absolute Gasteiger partial charge is 0.444 e. The third kappa shape index (κ3) is 8.62. The molecule has 46 heavy (non-hydrogen) atoms. The Labute approximate surface area is 264 Å². The molecule has 3 amide bonds. The van der Waals surface area contributed by atoms with Crippen LogP contribution in [0.3, 0.4) is 0 Å². The van der Waals surface area contributed by atoms with Crippen LogP contribution in [0.4, 0.5) is 33.9 Å². The molecule has 4 rings (SSSR count). The number of nitrogens with zero attached hydrogens (tertiary/aromatic N) is 5. The van der Waals surface area contributed by atoms with Crippen LogP contribution >= 0.6 is 11.6 Å². The molecule has 0 aliphatic rings. The molecule has 0 saturated heterocycles. The highest BCUT2D eigenvalue weighted by Crippen LogP contribution is 2.37. The molecule has 4 N–H and O–H groups in total. The summed E-state index contributed by atoms with van der Waals surface area (Å²) in [5.41, 5.74) is -1.42. The molecule has 0 bridgehead atoms. The Hall–Kier alpha value is -4.93. The van der Waals surface area contributed by atoms with Gasteiger partial charge in [-0.15, -0.1) is 0 Å². The van der Waals surface area contributed by atoms with Crippen molar-refractivity contribution < 1.29 is 36.7 Å². The third-order valence-corrected chi connectivity index (χ3v) is 6.36. The topological polar surface area (TPSA) is 157 Å². The molecule has 0 radical (unpaired) electrons. The van der Waals surface area contributed by atoms with Gasteiger partial charge in [0.05, 0.1) is 41.1 Å². The first kappa shape index (κ1) is 34.0. The summed E-state index contributed by atoms with van der Waals surface area (Å²) in [5, 5.41) is 14.0. The maximum Gasteiger partial charge on any atom is 0.435 e. The van der Waals surface area contributed by atoms with E-state index in [0.717, 1.165) is 10.9 Å². The minimum absolute atomic E-state index is 0.0375. The van der Waals surface area contributed by atoms with Crippen molar-refractivity contribution >= 4 is 46.7 Å². The fourth-order valence-electron chi connectivity index (χ4n) is 4.14. The van der Waals surface area contributed by atoms with Crippen LogP contribution in [-0.2, 0) is 22.3 Å². The first-order chi connectivity index (χ1) is 21.7. The third-order valence-electron chi connectivity index (χ3n) is 6.05. The standard InChI is InChI=1S/C28H30ClF4N9O4/c1-27(2,3)46-26(45)36-8-7-34-21(43)14-38-25(44)17-5-4-16(12-19(17)29)39-23-24-37-13-20(42(24)11-9-35-23)18-15-41(10-6-30)40-22(18)28(31,32)33/h4-5,9,11-13,15H,6-8,10,14H2,1-3H3,(H,34,43)(H,35,39)(H,36,45)(H,38,44). The zero-order valence-corrected chi connectivity index (χ0v) is 25.6. The number of aromatic nitrogens is 5. The van der Waals surface area contributed by atoms with Crippen LogP contribution < -0.4 is 21.3 Å². The molecular formula is C28H30ClF4N9O4. The van der Waals surface area contributed by atoms with E-state index in [9.17, 15) is 31.9 Å². The number of hydrogen-bond donors (Lipinski definition) is 4. The van der Waals surface area contributed by atoms with Crippen molar-refractivity contribution in [3.63, 3.8) is 0 Å². The molecule has 246 valence electrons. The van der Waals surface area contributed by atoms with Crippen molar-refractivity contribution in [1.29, 1.82) is 0 Å². The van der Waals surface area contributed by atoms with Crippen LogP contribution in [0.25, 0.3) is 16.9 Å². The number of rotatable bonds is 11. The number of nitrogens with one attached hydrogen (secondary N) is 4. The number of anilines is 2. The molecule has 18 heteroatoms. The number of carbonyl (C=O) groups is 3. The zero-order chi connectivity index (χ0) is 33.6. The Bertz CT molecular complexity index is 1730. The molecule has 3 aromatic heterocycles. The van der Waals surface area contributed by atoms with E-state index in [1.54, 1.807) is 20.8 Å². The lowest BCUT2D eigenvalue weighted by Crippen LogP contribution is -2.41. The highest BCUT2D eigenvalue weighted by molar-refractivity contribution is 6.34. The average molecular weight is 668 g/mol. The van der Waals surface area contributed by atoms with Gasteiger partial charge in [-0.25, -0.2) is 19.2 Å². The Morgan fingerprint density at radius 2 is 1.78 bits per heavy atom. The molecule has 13 nitrogen and oxygen atoms in total. The highest BCUT2D eigenvalue weighted by Gasteiger charge is 2.38. The number of imidazole rings is 1. The number of amides is 3. The van der Waals surface area contributed by atoms with E-state index in [-0.39, 0.29) is 59.5 Å². The van der Waals surface area contributed by atoms with E-state index in [0.29, 0.717) is 5.69 Å². The Kier molecular flexibility index (Phi) is 10.3. The summed E-state index contributed by atoms with van der Waals surface area (Å²) in [5.74, 6) is -0.945. The van der Waals surface area contributed by atoms with Gasteiger partial charge in [-0.05, 0) is 39.0 Å². The summed E-state index contributed by atoms with van der Waals surface area (Å²) in [4.78, 5) is 44.8. The van der Waals surface area contributed by atoms with Gasteiger partial charge in [0, 0.05) is 37.4 Å². The number of fused-ring (bicyclic) bond motifs is 1. The fourth-order valence-corrected chi connectivity index (χ4v) is 4.41. The summed E-state index contributed by atoms with van der Waals surface area (Å²) in [6.07, 6.45) is -0.308. The van der Waals surface area contributed by atoms with Crippen LogP contribution in [0.15, 0.2) is 43.0 Å². The van der Waals surface area contributed by atoms with E-state index < -0.39 is 42.1 Å². The highest BCUT2D eigenvalue weighted by atomic mass is 35.5. The predicted octanol–water partition coefficient (Wildman–Crippen LogP) is 4.35. The second kappa shape index (κ2) is 14.0. The smallest absolute Gasteiger partial charge is 0.435 e. The Morgan fingerprint density at radius 3 is 2.46 bits per heavy atom. The van der Waals surface area contributed by atoms with Crippen molar-refractivity contribution in [2.75, 3.05) is 31.6 Å². The van der Waals surface area contributed by atoms with Crippen LogP contribution in [0.2, 0.25) is 5.02 Å². The summed E-state index contributed by atoms with van der Waals surface area (Å²) in [6, 6.07) is 4.35. The lowest BCUT2D eigenvalue weighted by Gasteiger charge is -2.19. The van der Waals surface area contributed by atoms with Gasteiger partial charge in [-0.2, -0.15) is 18.3 Å². The van der Waals surface area contributed by atoms with Gasteiger partial charge in [0.15, 0.2) is 17.2 Å². The van der Waals surface area contributed by atoms with E-state index in [1.807, 2.05) is 0 Å². The average Bonchev–Trinajstić information content (AvgIpc) is 3.58. The first-order valence-corrected chi connectivity index (χ1v) is 14.2. The summed E-state index contributed by atoms with van der Waals surface area (Å²) in [7, 11) is 0. The van der Waals surface area contributed by atoms with E-state index in [4.69, 9.17) is 16.3 Å². The van der Waals surface area contributed by atoms with Crippen molar-refractivity contribution in [3.8, 4) is 11.3 Å². The normalized spacial score (nSPS) is 11.7. The quantitative estimate of drug-likeness (QED) is 0.136. The van der Waals surface area contributed by atoms with Gasteiger partial charge in [0.25, 0.3) is 5.91 Å². The first-order valence-electron chi connectivity index (χ1n) is 13.8. The molecule has 1 aromatic carbocycles. The van der Waals surface area contributed by atoms with Crippen molar-refractivity contribution in [3.05, 3.63) is 59.3 Å². The number of alkyl halides is 4. The predicted molar refractivity (Wildman–Crippen MR) is 159 cm³/mol. The SMILES string of the molecule is CC(C)(C)OC(=O)NCCNC(=O)CNC(=O)c1ccc(Nc2nccn3c(-c4cn(CCF)nc4C(F)(F)F)cnc23)cc1Cl. The second-order valence-corrected chi connectivity index (χ2v) is 11.1. The lowest BCUT2D eigenvalue weighted by molar-refractivity contribution is -0.141. The molecule has 0 spiro atoms. The maximum atomic E-state index is 13.7. The summed E-state index contributed by atoms with van der Waals surface area (Å²) >= 11 is 6.34. The van der Waals surface area contributed by atoms with E-state index >= 15 is 0 Å². The molecule has 3 heterocycles. The minimum atomic E-state index is -4.79. The van der Waals surface area contributed by atoms with Crippen LogP contribution in [0.1, 0.15) is 36.8 Å². The molecular weight excluding hydrogens is 638 g/mol. The number of benzene rings is 1. The molecule has 0 saturated carbocycles. The van der Waals surface area contributed by atoms with Crippen LogP contribution in [0.5, 0.6) is 0 Å². The monoisotopic (exact) mass is 667 g/mol. The van der Waals surface area contributed by atoms with Gasteiger partial charge in [0.1, 0.15) is 12.3 Å². The van der Waals surface area contributed by atoms with Gasteiger partial charge in [-0.1, -0.05) is 11.6 Å². The van der Waals surface area contributed by atoms with Crippen LogP contribution in [-0.4, -0.2) is 74.0 Å². The summed E-state index contributed by atoms with van der Waals surface area (Å²) in [6.45, 7) is 3.82. The van der Waals surface area contributed by atoms with Crippen molar-refractivity contribution in [1.82, 2.24) is 40.1 Å². The van der Waals surface area contributed by atoms with Gasteiger partial charge in [-0.3, -0.25) is 18.7 Å². The molecule has 0 aliphatic carbocycles. The molecule has 0 aliphatic heterocycles. The number of halogens is 5. The van der Waals surface area contributed by atoms with Gasteiger partial charge in [0.2, 0.25) is 5.91 Å². The summed E-state index contributed by atoms with van der Waals surface area (Å²) < 4.78 is 61.3. The van der Waals surface area contributed by atoms with Crippen molar-refractivity contribution in [2.45, 2.75) is 39.1 Å². The van der Waals surface area contributed by atoms with Gasteiger partial charge >= 0.3 is 12.3 Å². The minimum Gasteiger partial charge on any atom is -0.444 e. The van der Waals surface area contributed by atoms with Crippen LogP contribution in [0, 0.1) is 0 Å².